The third kappa shape index (κ3) is 3.45. The molecule has 2 rings (SSSR count). The van der Waals surface area contributed by atoms with E-state index in [2.05, 4.69) is 0 Å². The maximum Gasteiger partial charge on any atom is 0.324 e. The molecular weight excluding hydrogens is 296 g/mol. The maximum absolute atomic E-state index is 12.7. The van der Waals surface area contributed by atoms with Crippen LogP contribution in [-0.4, -0.2) is 44.5 Å². The van der Waals surface area contributed by atoms with E-state index in [0.717, 1.165) is 4.31 Å². The smallest absolute Gasteiger partial charge is 0.324 e. The summed E-state index contributed by atoms with van der Waals surface area (Å²) in [6.07, 6.45) is 0.705. The van der Waals surface area contributed by atoms with Crippen molar-refractivity contribution >= 4 is 27.4 Å². The zero-order chi connectivity index (χ0) is 15.5. The van der Waals surface area contributed by atoms with Crippen LogP contribution in [0.25, 0.3) is 0 Å². The van der Waals surface area contributed by atoms with Crippen molar-refractivity contribution in [1.82, 2.24) is 0 Å². The first-order valence-electron chi connectivity index (χ1n) is 6.58. The normalized spacial score (nSPS) is 16.6. The number of carboxylic acid groups (broad SMARTS) is 1. The van der Waals surface area contributed by atoms with E-state index in [-0.39, 0.29) is 11.4 Å². The van der Waals surface area contributed by atoms with E-state index in [0.29, 0.717) is 26.1 Å². The molecule has 7 nitrogen and oxygen atoms in total. The van der Waals surface area contributed by atoms with Crippen molar-refractivity contribution in [1.29, 1.82) is 0 Å². The molecule has 1 aromatic carbocycles. The topological polar surface area (TPSA) is 110 Å². The average molecular weight is 314 g/mol. The Morgan fingerprint density at radius 2 is 1.95 bits per heavy atom. The molecule has 0 radical (unpaired) electrons. The highest BCUT2D eigenvalue weighted by atomic mass is 32.2. The number of hydrogen-bond donors (Lipinski definition) is 2. The number of ether oxygens (including phenoxy) is 1. The molecule has 1 aliphatic heterocycles. The molecule has 1 fully saturated rings. The molecule has 21 heavy (non-hydrogen) atoms. The minimum absolute atomic E-state index is 0.200. The monoisotopic (exact) mass is 314 g/mol. The van der Waals surface area contributed by atoms with Crippen molar-refractivity contribution in [3.8, 4) is 0 Å². The van der Waals surface area contributed by atoms with Crippen molar-refractivity contribution in [2.75, 3.05) is 29.8 Å². The predicted octanol–water partition coefficient (Wildman–Crippen LogP) is 0.669. The zero-order valence-corrected chi connectivity index (χ0v) is 12.3. The highest BCUT2D eigenvalue weighted by molar-refractivity contribution is 7.93. The summed E-state index contributed by atoms with van der Waals surface area (Å²) in [6, 6.07) is 6.34. The lowest BCUT2D eigenvalue weighted by Gasteiger charge is -2.30. The first-order valence-corrected chi connectivity index (χ1v) is 8.09. The van der Waals surface area contributed by atoms with Crippen LogP contribution in [0.4, 0.5) is 11.4 Å². The third-order valence-corrected chi connectivity index (χ3v) is 5.64. The van der Waals surface area contributed by atoms with Gasteiger partial charge in [-0.3, -0.25) is 9.10 Å². The van der Waals surface area contributed by atoms with E-state index in [1.165, 1.54) is 6.07 Å². The molecule has 1 aromatic rings. The van der Waals surface area contributed by atoms with Gasteiger partial charge in [0.1, 0.15) is 6.54 Å². The lowest BCUT2D eigenvalue weighted by atomic mass is 10.2. The Bertz CT molecular complexity index is 611. The van der Waals surface area contributed by atoms with Gasteiger partial charge in [0.15, 0.2) is 0 Å². The first kappa shape index (κ1) is 15.6. The van der Waals surface area contributed by atoms with Crippen molar-refractivity contribution in [3.05, 3.63) is 24.3 Å². The second-order valence-corrected chi connectivity index (χ2v) is 6.95. The number of nitrogens with two attached hydrogens (primary N) is 1. The van der Waals surface area contributed by atoms with E-state index >= 15 is 0 Å². The van der Waals surface area contributed by atoms with Crippen molar-refractivity contribution in [2.45, 2.75) is 18.1 Å². The summed E-state index contributed by atoms with van der Waals surface area (Å²) in [6.45, 7) is 0.0675. The van der Waals surface area contributed by atoms with E-state index < -0.39 is 27.8 Å². The fourth-order valence-electron chi connectivity index (χ4n) is 2.30. The van der Waals surface area contributed by atoms with Crippen LogP contribution in [0, 0.1) is 0 Å². The van der Waals surface area contributed by atoms with Crippen LogP contribution in [-0.2, 0) is 19.6 Å². The first-order chi connectivity index (χ1) is 9.93. The molecule has 0 spiro atoms. The van der Waals surface area contributed by atoms with Gasteiger partial charge in [0, 0.05) is 13.2 Å². The molecule has 1 saturated heterocycles. The summed E-state index contributed by atoms with van der Waals surface area (Å²) >= 11 is 0. The van der Waals surface area contributed by atoms with Gasteiger partial charge >= 0.3 is 5.97 Å². The van der Waals surface area contributed by atoms with Gasteiger partial charge < -0.3 is 15.6 Å². The number of benzene rings is 1. The summed E-state index contributed by atoms with van der Waals surface area (Å²) in [5.74, 6) is -1.23. The van der Waals surface area contributed by atoms with E-state index in [1.54, 1.807) is 18.2 Å². The molecule has 0 amide bonds. The van der Waals surface area contributed by atoms with Crippen LogP contribution in [0.15, 0.2) is 24.3 Å². The van der Waals surface area contributed by atoms with Crippen molar-refractivity contribution in [3.63, 3.8) is 0 Å². The van der Waals surface area contributed by atoms with E-state index in [9.17, 15) is 13.2 Å². The molecule has 8 heteroatoms. The van der Waals surface area contributed by atoms with Crippen LogP contribution in [0.2, 0.25) is 0 Å². The van der Waals surface area contributed by atoms with Crippen molar-refractivity contribution in [2.24, 2.45) is 0 Å². The lowest BCUT2D eigenvalue weighted by Crippen LogP contribution is -2.44. The fraction of sp³-hybridized carbons (Fsp3) is 0.462. The molecule has 116 valence electrons. The van der Waals surface area contributed by atoms with Gasteiger partial charge in [0.2, 0.25) is 10.0 Å². The summed E-state index contributed by atoms with van der Waals surface area (Å²) in [5, 5.41) is 8.38. The Balaban J connectivity index is 2.40. The quantitative estimate of drug-likeness (QED) is 0.773. The number of carboxylic acids is 1. The number of para-hydroxylation sites is 2. The summed E-state index contributed by atoms with van der Waals surface area (Å²) < 4.78 is 31.5. The fourth-order valence-corrected chi connectivity index (χ4v) is 4.18. The maximum atomic E-state index is 12.7. The van der Waals surface area contributed by atoms with Crippen LogP contribution >= 0.6 is 0 Å². The van der Waals surface area contributed by atoms with Crippen LogP contribution in [0.1, 0.15) is 12.8 Å². The number of nitrogen functional groups attached to an aromatic ring is 1. The van der Waals surface area contributed by atoms with E-state index in [1.807, 2.05) is 0 Å². The number of sulfonamides is 1. The number of nitrogens with zero attached hydrogens (tertiary/aromatic N) is 1. The Morgan fingerprint density at radius 3 is 2.52 bits per heavy atom. The standard InChI is InChI=1S/C13H18N2O5S/c14-11-3-1-2-4-12(11)15(9-13(16)17)21(18,19)10-5-7-20-8-6-10/h1-4,10H,5-9,14H2,(H,16,17). The van der Waals surface area contributed by atoms with Gasteiger partial charge in [-0.15, -0.1) is 0 Å². The number of carbonyl (C=O) groups is 1. The molecule has 1 heterocycles. The summed E-state index contributed by atoms with van der Waals surface area (Å²) in [7, 11) is -3.80. The van der Waals surface area contributed by atoms with Crippen LogP contribution in [0.3, 0.4) is 0 Å². The molecule has 0 aliphatic carbocycles. The summed E-state index contributed by atoms with van der Waals surface area (Å²) in [4.78, 5) is 11.1. The third-order valence-electron chi connectivity index (χ3n) is 3.38. The SMILES string of the molecule is Nc1ccccc1N(CC(=O)O)S(=O)(=O)C1CCOCC1. The number of rotatable bonds is 5. The largest absolute Gasteiger partial charge is 0.480 e. The predicted molar refractivity (Wildman–Crippen MR) is 78.6 cm³/mol. The number of hydrogen-bond acceptors (Lipinski definition) is 5. The second kappa shape index (κ2) is 6.31. The second-order valence-electron chi connectivity index (χ2n) is 4.82. The molecule has 0 aromatic heterocycles. The molecule has 0 saturated carbocycles. The molecule has 0 atom stereocenters. The lowest BCUT2D eigenvalue weighted by molar-refractivity contribution is -0.135. The Morgan fingerprint density at radius 1 is 1.33 bits per heavy atom. The van der Waals surface area contributed by atoms with E-state index in [4.69, 9.17) is 15.6 Å². The zero-order valence-electron chi connectivity index (χ0n) is 11.4. The van der Waals surface area contributed by atoms with Gasteiger partial charge in [-0.05, 0) is 25.0 Å². The Kier molecular flexibility index (Phi) is 4.69. The molecule has 3 N–H and O–H groups in total. The summed E-state index contributed by atoms with van der Waals surface area (Å²) in [5.41, 5.74) is 6.23. The average Bonchev–Trinajstić information content (AvgIpc) is 2.46. The number of aliphatic carboxylic acids is 1. The minimum Gasteiger partial charge on any atom is -0.480 e. The van der Waals surface area contributed by atoms with Gasteiger partial charge in [-0.1, -0.05) is 12.1 Å². The highest BCUT2D eigenvalue weighted by Gasteiger charge is 2.35. The van der Waals surface area contributed by atoms with Crippen LogP contribution < -0.4 is 10.0 Å². The molecule has 1 aliphatic rings. The molecular formula is C13H18N2O5S. The van der Waals surface area contributed by atoms with Crippen molar-refractivity contribution < 1.29 is 23.1 Å². The highest BCUT2D eigenvalue weighted by Crippen LogP contribution is 2.29. The minimum atomic E-state index is -3.80. The van der Waals surface area contributed by atoms with Gasteiger partial charge in [-0.25, -0.2) is 8.42 Å². The Labute approximate surface area is 123 Å². The van der Waals surface area contributed by atoms with Gasteiger partial charge in [0.25, 0.3) is 0 Å². The number of anilines is 2. The van der Waals surface area contributed by atoms with Gasteiger partial charge in [0.05, 0.1) is 16.6 Å². The van der Waals surface area contributed by atoms with Crippen LogP contribution in [0.5, 0.6) is 0 Å². The Hall–Kier alpha value is -1.80. The van der Waals surface area contributed by atoms with Gasteiger partial charge in [-0.2, -0.15) is 0 Å². The molecule has 0 unspecified atom stereocenters. The molecule has 0 bridgehead atoms.